The van der Waals surface area contributed by atoms with E-state index >= 15 is 0 Å². The highest BCUT2D eigenvalue weighted by molar-refractivity contribution is 6.00. The molecule has 1 saturated heterocycles. The minimum atomic E-state index is -5.09. The van der Waals surface area contributed by atoms with Crippen LogP contribution in [0, 0.1) is 5.92 Å². The molecule has 9 heteroatoms. The molecule has 0 radical (unpaired) electrons. The molecule has 0 aliphatic carbocycles. The van der Waals surface area contributed by atoms with Crippen LogP contribution in [0.1, 0.15) is 22.0 Å². The van der Waals surface area contributed by atoms with Crippen LogP contribution in [-0.4, -0.2) is 35.0 Å². The van der Waals surface area contributed by atoms with E-state index in [0.717, 1.165) is 0 Å². The first-order valence-corrected chi connectivity index (χ1v) is 8.29. The molecule has 5 nitrogen and oxygen atoms in total. The van der Waals surface area contributed by atoms with Crippen LogP contribution in [0.25, 0.3) is 0 Å². The predicted molar refractivity (Wildman–Crippen MR) is 91.0 cm³/mol. The molecule has 2 amide bonds. The fourth-order valence-electron chi connectivity index (χ4n) is 3.27. The molecule has 3 rings (SSSR count). The number of nitrogens with one attached hydrogen (secondary N) is 2. The lowest BCUT2D eigenvalue weighted by Gasteiger charge is -2.47. The van der Waals surface area contributed by atoms with Crippen molar-refractivity contribution in [3.05, 3.63) is 71.8 Å². The van der Waals surface area contributed by atoms with Gasteiger partial charge in [-0.25, -0.2) is 13.6 Å². The van der Waals surface area contributed by atoms with E-state index in [-0.39, 0.29) is 11.1 Å². The maximum atomic E-state index is 14.4. The summed E-state index contributed by atoms with van der Waals surface area (Å²) in [6, 6.07) is 11.9. The number of aliphatic hydroxyl groups is 1. The molecule has 2 aromatic carbocycles. The van der Waals surface area contributed by atoms with Crippen LogP contribution in [0.4, 0.5) is 22.4 Å². The molecular weight excluding hydrogens is 380 g/mol. The smallest absolute Gasteiger partial charge is 0.354 e. The summed E-state index contributed by atoms with van der Waals surface area (Å²) in [5.74, 6) is -8.24. The van der Waals surface area contributed by atoms with Crippen molar-refractivity contribution in [3.8, 4) is 0 Å². The van der Waals surface area contributed by atoms with Gasteiger partial charge in [-0.15, -0.1) is 0 Å². The van der Waals surface area contributed by atoms with Crippen molar-refractivity contribution in [2.45, 2.75) is 24.1 Å². The van der Waals surface area contributed by atoms with Gasteiger partial charge in [-0.1, -0.05) is 60.7 Å². The molecule has 0 unspecified atom stereocenters. The summed E-state index contributed by atoms with van der Waals surface area (Å²) in [6.45, 7) is 0. The number of hydrogen-bond acceptors (Lipinski definition) is 3. The third-order valence-electron chi connectivity index (χ3n) is 4.66. The lowest BCUT2D eigenvalue weighted by atomic mass is 9.75. The van der Waals surface area contributed by atoms with Gasteiger partial charge in [0.05, 0.1) is 6.04 Å². The van der Waals surface area contributed by atoms with Gasteiger partial charge in [0.2, 0.25) is 5.72 Å². The third kappa shape index (κ3) is 3.22. The van der Waals surface area contributed by atoms with E-state index in [1.165, 1.54) is 53.8 Å². The van der Waals surface area contributed by atoms with Gasteiger partial charge in [0.25, 0.3) is 0 Å². The van der Waals surface area contributed by atoms with Crippen molar-refractivity contribution in [1.82, 2.24) is 10.6 Å². The Morgan fingerprint density at radius 1 is 1.04 bits per heavy atom. The molecule has 1 heterocycles. The Morgan fingerprint density at radius 3 is 2.11 bits per heavy atom. The van der Waals surface area contributed by atoms with Crippen molar-refractivity contribution in [1.29, 1.82) is 0 Å². The Balaban J connectivity index is 2.19. The lowest BCUT2D eigenvalue weighted by Crippen LogP contribution is -2.75. The zero-order valence-corrected chi connectivity index (χ0v) is 14.3. The number of Topliss-reactive ketones (excluding diaryl/α,β-unsaturated/α-hetero) is 1. The van der Waals surface area contributed by atoms with Crippen LogP contribution >= 0.6 is 0 Å². The Hall–Kier alpha value is -2.94. The van der Waals surface area contributed by atoms with E-state index in [0.29, 0.717) is 0 Å². The van der Waals surface area contributed by atoms with Crippen LogP contribution in [-0.2, 0) is 0 Å². The van der Waals surface area contributed by atoms with Crippen LogP contribution in [0.3, 0.4) is 0 Å². The fraction of sp³-hybridized carbons (Fsp3) is 0.263. The van der Waals surface area contributed by atoms with E-state index in [1.807, 2.05) is 0 Å². The zero-order chi connectivity index (χ0) is 20.5. The second-order valence-corrected chi connectivity index (χ2v) is 6.38. The standard InChI is InChI=1S/C19H16F4N2O3/c20-16(21)18(22,23)19(28)13(15(26)12-9-5-2-6-10-12)14(24-17(27)25-19)11-7-3-1-4-8-11/h1-10,13-14,16,28H,(H2,24,25,27)/t13-,14+,19+/m0/s1. The summed E-state index contributed by atoms with van der Waals surface area (Å²) >= 11 is 0. The van der Waals surface area contributed by atoms with Crippen molar-refractivity contribution in [2.24, 2.45) is 5.92 Å². The molecule has 0 saturated carbocycles. The SMILES string of the molecule is O=C1N[C@H](c2ccccc2)[C@@H](C(=O)c2ccccc2)[C@@](O)(C(F)(F)C(F)F)N1. The molecule has 2 aromatic rings. The first-order valence-electron chi connectivity index (χ1n) is 8.29. The second-order valence-electron chi connectivity index (χ2n) is 6.38. The molecule has 1 fully saturated rings. The number of ketones is 1. The number of benzene rings is 2. The maximum absolute atomic E-state index is 14.4. The number of urea groups is 1. The average Bonchev–Trinajstić information content (AvgIpc) is 2.68. The van der Waals surface area contributed by atoms with E-state index in [2.05, 4.69) is 5.32 Å². The molecule has 3 N–H and O–H groups in total. The number of alkyl halides is 4. The molecule has 1 aliphatic heterocycles. The topological polar surface area (TPSA) is 78.4 Å². The summed E-state index contributed by atoms with van der Waals surface area (Å²) in [7, 11) is 0. The Bertz CT molecular complexity index is 864. The van der Waals surface area contributed by atoms with Gasteiger partial charge >= 0.3 is 18.4 Å². The number of amides is 2. The van der Waals surface area contributed by atoms with Gasteiger partial charge in [-0.2, -0.15) is 8.78 Å². The Labute approximate surface area is 157 Å². The summed E-state index contributed by atoms with van der Waals surface area (Å²) in [4.78, 5) is 25.0. The molecule has 0 spiro atoms. The fourth-order valence-corrected chi connectivity index (χ4v) is 3.27. The van der Waals surface area contributed by atoms with Gasteiger partial charge in [-0.3, -0.25) is 4.79 Å². The minimum absolute atomic E-state index is 0.0742. The summed E-state index contributed by atoms with van der Waals surface area (Å²) in [5.41, 5.74) is -3.68. The van der Waals surface area contributed by atoms with Gasteiger partial charge in [0.15, 0.2) is 5.78 Å². The largest absolute Gasteiger partial charge is 0.365 e. The van der Waals surface area contributed by atoms with Crippen LogP contribution in [0.2, 0.25) is 0 Å². The number of halogens is 4. The summed E-state index contributed by atoms with van der Waals surface area (Å²) in [5, 5.41) is 14.4. The number of hydrogen-bond donors (Lipinski definition) is 3. The first kappa shape index (κ1) is 19.8. The highest BCUT2D eigenvalue weighted by Crippen LogP contribution is 2.45. The van der Waals surface area contributed by atoms with E-state index in [4.69, 9.17) is 0 Å². The normalized spacial score (nSPS) is 25.1. The van der Waals surface area contributed by atoms with E-state index in [1.54, 1.807) is 12.1 Å². The van der Waals surface area contributed by atoms with Crippen LogP contribution in [0.5, 0.6) is 0 Å². The van der Waals surface area contributed by atoms with Gasteiger partial charge < -0.3 is 15.7 Å². The highest BCUT2D eigenvalue weighted by atomic mass is 19.3. The molecule has 28 heavy (non-hydrogen) atoms. The van der Waals surface area contributed by atoms with Crippen molar-refractivity contribution >= 4 is 11.8 Å². The van der Waals surface area contributed by atoms with Crippen LogP contribution in [0.15, 0.2) is 60.7 Å². The molecule has 148 valence electrons. The monoisotopic (exact) mass is 396 g/mol. The Kier molecular flexibility index (Phi) is 5.12. The minimum Gasteiger partial charge on any atom is -0.365 e. The highest BCUT2D eigenvalue weighted by Gasteiger charge is 2.69. The third-order valence-corrected chi connectivity index (χ3v) is 4.66. The summed E-state index contributed by atoms with van der Waals surface area (Å²) < 4.78 is 55.1. The first-order chi connectivity index (χ1) is 13.2. The molecular formula is C19H16F4N2O3. The maximum Gasteiger partial charge on any atom is 0.354 e. The van der Waals surface area contributed by atoms with Gasteiger partial charge in [0, 0.05) is 5.56 Å². The number of rotatable bonds is 5. The van der Waals surface area contributed by atoms with Crippen molar-refractivity contribution < 1.29 is 32.3 Å². The molecule has 1 aliphatic rings. The molecule has 3 atom stereocenters. The van der Waals surface area contributed by atoms with Gasteiger partial charge in [0.1, 0.15) is 5.92 Å². The quantitative estimate of drug-likeness (QED) is 0.537. The van der Waals surface area contributed by atoms with Gasteiger partial charge in [-0.05, 0) is 5.56 Å². The summed E-state index contributed by atoms with van der Waals surface area (Å²) in [6.07, 6.45) is -4.32. The van der Waals surface area contributed by atoms with E-state index in [9.17, 15) is 32.3 Å². The Morgan fingerprint density at radius 2 is 1.57 bits per heavy atom. The number of carbonyl (C=O) groups is 2. The second kappa shape index (κ2) is 7.23. The van der Waals surface area contributed by atoms with Crippen molar-refractivity contribution in [3.63, 3.8) is 0 Å². The zero-order valence-electron chi connectivity index (χ0n) is 14.3. The van der Waals surface area contributed by atoms with Crippen LogP contribution < -0.4 is 10.6 Å². The molecule has 0 aromatic heterocycles. The van der Waals surface area contributed by atoms with Crippen molar-refractivity contribution in [2.75, 3.05) is 0 Å². The lowest BCUT2D eigenvalue weighted by molar-refractivity contribution is -0.269. The molecule has 0 bridgehead atoms. The number of carbonyl (C=O) groups excluding carboxylic acids is 2. The predicted octanol–water partition coefficient (Wildman–Crippen LogP) is 3.13. The van der Waals surface area contributed by atoms with E-state index < -0.39 is 41.8 Å². The average molecular weight is 396 g/mol.